The molecule has 0 aliphatic carbocycles. The van der Waals surface area contributed by atoms with Crippen molar-refractivity contribution in [2.75, 3.05) is 26.2 Å². The molecule has 0 amide bonds. The second-order valence-electron chi connectivity index (χ2n) is 7.58. The van der Waals surface area contributed by atoms with E-state index < -0.39 is 0 Å². The first-order valence-electron chi connectivity index (χ1n) is 8.01. The van der Waals surface area contributed by atoms with Crippen LogP contribution in [0, 0.1) is 0 Å². The SMILES string of the molecule is CCC1(C)CC(CN)(N2CC(C)OC(C)(C)C2)CCO1. The van der Waals surface area contributed by atoms with Gasteiger partial charge in [0.1, 0.15) is 0 Å². The molecule has 2 N–H and O–H groups in total. The molecular formula is C16H32N2O2. The average molecular weight is 284 g/mol. The van der Waals surface area contributed by atoms with E-state index in [2.05, 4.69) is 39.5 Å². The number of ether oxygens (including phenoxy) is 2. The third kappa shape index (κ3) is 3.19. The van der Waals surface area contributed by atoms with E-state index in [-0.39, 0.29) is 22.8 Å². The van der Waals surface area contributed by atoms with Gasteiger partial charge >= 0.3 is 0 Å². The largest absolute Gasteiger partial charge is 0.375 e. The second kappa shape index (κ2) is 5.56. The maximum Gasteiger partial charge on any atom is 0.0757 e. The second-order valence-corrected chi connectivity index (χ2v) is 7.58. The molecule has 0 aromatic heterocycles. The lowest BCUT2D eigenvalue weighted by atomic mass is 9.77. The quantitative estimate of drug-likeness (QED) is 0.863. The van der Waals surface area contributed by atoms with Crippen LogP contribution < -0.4 is 5.73 Å². The minimum absolute atomic E-state index is 0.0384. The molecule has 118 valence electrons. The molecule has 2 rings (SSSR count). The molecule has 0 spiro atoms. The van der Waals surface area contributed by atoms with Gasteiger partial charge in [0.15, 0.2) is 0 Å². The van der Waals surface area contributed by atoms with Crippen LogP contribution in [0.1, 0.15) is 53.9 Å². The van der Waals surface area contributed by atoms with E-state index in [9.17, 15) is 0 Å². The lowest BCUT2D eigenvalue weighted by Gasteiger charge is -2.55. The van der Waals surface area contributed by atoms with Crippen molar-refractivity contribution < 1.29 is 9.47 Å². The summed E-state index contributed by atoms with van der Waals surface area (Å²) in [4.78, 5) is 2.58. The highest BCUT2D eigenvalue weighted by atomic mass is 16.5. The third-order valence-corrected chi connectivity index (χ3v) is 5.09. The van der Waals surface area contributed by atoms with Crippen molar-refractivity contribution in [2.45, 2.75) is 76.7 Å². The van der Waals surface area contributed by atoms with Gasteiger partial charge in [0.2, 0.25) is 0 Å². The van der Waals surface area contributed by atoms with Gasteiger partial charge < -0.3 is 15.2 Å². The Bertz CT molecular complexity index is 347. The highest BCUT2D eigenvalue weighted by molar-refractivity contribution is 5.03. The fourth-order valence-corrected chi connectivity index (χ4v) is 3.94. The van der Waals surface area contributed by atoms with Crippen LogP contribution in [0.3, 0.4) is 0 Å². The fraction of sp³-hybridized carbons (Fsp3) is 1.00. The first kappa shape index (κ1) is 16.2. The van der Waals surface area contributed by atoms with Gasteiger partial charge in [-0.3, -0.25) is 4.90 Å². The van der Waals surface area contributed by atoms with E-state index in [4.69, 9.17) is 15.2 Å². The summed E-state index contributed by atoms with van der Waals surface area (Å²) in [5, 5.41) is 0. The Hall–Kier alpha value is -0.160. The van der Waals surface area contributed by atoms with Crippen LogP contribution in [0.5, 0.6) is 0 Å². The molecule has 2 heterocycles. The van der Waals surface area contributed by atoms with Gasteiger partial charge in [0.25, 0.3) is 0 Å². The van der Waals surface area contributed by atoms with Crippen LogP contribution in [-0.4, -0.2) is 54.0 Å². The highest BCUT2D eigenvalue weighted by Gasteiger charge is 2.48. The van der Waals surface area contributed by atoms with Gasteiger partial charge in [-0.2, -0.15) is 0 Å². The smallest absolute Gasteiger partial charge is 0.0757 e. The third-order valence-electron chi connectivity index (χ3n) is 5.09. The molecule has 2 saturated heterocycles. The topological polar surface area (TPSA) is 47.7 Å². The van der Waals surface area contributed by atoms with Crippen molar-refractivity contribution in [3.63, 3.8) is 0 Å². The molecule has 0 aromatic carbocycles. The van der Waals surface area contributed by atoms with Crippen molar-refractivity contribution in [2.24, 2.45) is 5.73 Å². The van der Waals surface area contributed by atoms with Crippen molar-refractivity contribution in [1.29, 1.82) is 0 Å². The summed E-state index contributed by atoms with van der Waals surface area (Å²) in [7, 11) is 0. The number of nitrogens with zero attached hydrogens (tertiary/aromatic N) is 1. The van der Waals surface area contributed by atoms with Crippen LogP contribution in [-0.2, 0) is 9.47 Å². The zero-order valence-electron chi connectivity index (χ0n) is 13.9. The summed E-state index contributed by atoms with van der Waals surface area (Å²) in [5.41, 5.74) is 6.17. The molecule has 0 aromatic rings. The molecule has 20 heavy (non-hydrogen) atoms. The maximum atomic E-state index is 6.24. The van der Waals surface area contributed by atoms with Gasteiger partial charge in [0, 0.05) is 31.8 Å². The number of morpholine rings is 1. The molecule has 3 unspecified atom stereocenters. The molecule has 4 heteroatoms. The highest BCUT2D eigenvalue weighted by Crippen LogP contribution is 2.40. The summed E-state index contributed by atoms with van der Waals surface area (Å²) >= 11 is 0. The molecular weight excluding hydrogens is 252 g/mol. The van der Waals surface area contributed by atoms with E-state index in [1.54, 1.807) is 0 Å². The van der Waals surface area contributed by atoms with E-state index in [1.807, 2.05) is 0 Å². The Morgan fingerprint density at radius 3 is 2.55 bits per heavy atom. The molecule has 4 nitrogen and oxygen atoms in total. The van der Waals surface area contributed by atoms with Crippen LogP contribution in [0.15, 0.2) is 0 Å². The lowest BCUT2D eigenvalue weighted by Crippen LogP contribution is -2.67. The normalized spacial score (nSPS) is 42.6. The summed E-state index contributed by atoms with van der Waals surface area (Å²) in [6.45, 7) is 14.4. The summed E-state index contributed by atoms with van der Waals surface area (Å²) < 4.78 is 12.1. The Kier molecular flexibility index (Phi) is 4.51. The molecule has 0 saturated carbocycles. The summed E-state index contributed by atoms with van der Waals surface area (Å²) in [5.74, 6) is 0. The minimum atomic E-state index is -0.0965. The molecule has 3 atom stereocenters. The van der Waals surface area contributed by atoms with Crippen LogP contribution in [0.2, 0.25) is 0 Å². The minimum Gasteiger partial charge on any atom is -0.375 e. The fourth-order valence-electron chi connectivity index (χ4n) is 3.94. The predicted molar refractivity (Wildman–Crippen MR) is 81.9 cm³/mol. The Balaban J connectivity index is 2.21. The monoisotopic (exact) mass is 284 g/mol. The van der Waals surface area contributed by atoms with Gasteiger partial charge in [-0.05, 0) is 47.0 Å². The Morgan fingerprint density at radius 1 is 1.30 bits per heavy atom. The summed E-state index contributed by atoms with van der Waals surface area (Å²) in [6, 6.07) is 0. The number of nitrogens with two attached hydrogens (primary N) is 1. The van der Waals surface area contributed by atoms with Gasteiger partial charge in [-0.25, -0.2) is 0 Å². The Labute approximate surface area is 124 Å². The van der Waals surface area contributed by atoms with E-state index in [0.717, 1.165) is 39.0 Å². The van der Waals surface area contributed by atoms with Gasteiger partial charge in [0.05, 0.1) is 17.3 Å². The van der Waals surface area contributed by atoms with Crippen LogP contribution >= 0.6 is 0 Å². The van der Waals surface area contributed by atoms with E-state index >= 15 is 0 Å². The zero-order valence-corrected chi connectivity index (χ0v) is 13.9. The number of hydrogen-bond acceptors (Lipinski definition) is 4. The van der Waals surface area contributed by atoms with Crippen LogP contribution in [0.4, 0.5) is 0 Å². The van der Waals surface area contributed by atoms with Crippen LogP contribution in [0.25, 0.3) is 0 Å². The average Bonchev–Trinajstić information content (AvgIpc) is 2.36. The standard InChI is InChI=1S/C16H32N2O2/c1-6-15(5)10-16(11-17,7-8-19-15)18-9-13(2)20-14(3,4)12-18/h13H,6-12,17H2,1-5H3. The first-order valence-corrected chi connectivity index (χ1v) is 8.01. The van der Waals surface area contributed by atoms with Crippen molar-refractivity contribution >= 4 is 0 Å². The first-order chi connectivity index (χ1) is 9.24. The van der Waals surface area contributed by atoms with Crippen molar-refractivity contribution in [1.82, 2.24) is 4.90 Å². The molecule has 0 bridgehead atoms. The lowest BCUT2D eigenvalue weighted by molar-refractivity contribution is -0.186. The molecule has 2 aliphatic heterocycles. The van der Waals surface area contributed by atoms with E-state index in [1.165, 1.54) is 0 Å². The van der Waals surface area contributed by atoms with Crippen molar-refractivity contribution in [3.8, 4) is 0 Å². The number of rotatable bonds is 3. The molecule has 2 aliphatic rings. The zero-order chi connectivity index (χ0) is 15.0. The predicted octanol–water partition coefficient (Wildman–Crippen LogP) is 2.16. The van der Waals surface area contributed by atoms with Crippen molar-refractivity contribution in [3.05, 3.63) is 0 Å². The number of hydrogen-bond donors (Lipinski definition) is 1. The van der Waals surface area contributed by atoms with Gasteiger partial charge in [-0.1, -0.05) is 6.92 Å². The Morgan fingerprint density at radius 2 is 2.00 bits per heavy atom. The maximum absolute atomic E-state index is 6.24. The molecule has 0 radical (unpaired) electrons. The van der Waals surface area contributed by atoms with Gasteiger partial charge in [-0.15, -0.1) is 0 Å². The summed E-state index contributed by atoms with van der Waals surface area (Å²) in [6.07, 6.45) is 3.35. The van der Waals surface area contributed by atoms with E-state index in [0.29, 0.717) is 6.54 Å². The molecule has 2 fully saturated rings.